The van der Waals surface area contributed by atoms with Gasteiger partial charge < -0.3 is 15.6 Å². The Labute approximate surface area is 158 Å². The third kappa shape index (κ3) is 4.12. The predicted molar refractivity (Wildman–Crippen MR) is 103 cm³/mol. The zero-order valence-electron chi connectivity index (χ0n) is 15.9. The number of carbonyl (C=O) groups is 2. The zero-order valence-corrected chi connectivity index (χ0v) is 15.9. The maximum absolute atomic E-state index is 12.4. The molecule has 1 saturated heterocycles. The largest absolute Gasteiger partial charge is 0.480 e. The zero-order chi connectivity index (χ0) is 19.8. The smallest absolute Gasteiger partial charge is 0.325 e. The fourth-order valence-electron chi connectivity index (χ4n) is 3.63. The van der Waals surface area contributed by atoms with Gasteiger partial charge in [-0.05, 0) is 49.6 Å². The summed E-state index contributed by atoms with van der Waals surface area (Å²) in [6.07, 6.45) is -0.222. The highest BCUT2D eigenvalue weighted by Gasteiger charge is 2.44. The molecule has 3 N–H and O–H groups in total. The molecule has 0 saturated carbocycles. The third-order valence-electron chi connectivity index (χ3n) is 4.86. The molecular formula is C21H26N2O4. The molecule has 0 amide bonds. The topological polar surface area (TPSA) is 92.9 Å². The van der Waals surface area contributed by atoms with Crippen LogP contribution in [0.5, 0.6) is 0 Å². The van der Waals surface area contributed by atoms with Crippen molar-refractivity contribution in [3.05, 3.63) is 48.0 Å². The molecule has 6 heteroatoms. The van der Waals surface area contributed by atoms with Gasteiger partial charge in [-0.25, -0.2) is 0 Å². The van der Waals surface area contributed by atoms with Crippen molar-refractivity contribution < 1.29 is 19.4 Å². The minimum atomic E-state index is -0.981. The molecule has 144 valence electrons. The molecule has 3 rings (SSSR count). The Kier molecular flexibility index (Phi) is 5.22. The van der Waals surface area contributed by atoms with Gasteiger partial charge in [-0.15, -0.1) is 0 Å². The van der Waals surface area contributed by atoms with Crippen LogP contribution in [0.15, 0.2) is 42.5 Å². The Morgan fingerprint density at radius 2 is 1.85 bits per heavy atom. The molecule has 0 unspecified atom stereocenters. The standard InChI is InChI=1S/C21H26N2O4/c1-21(2,3)27-20(26)16-10-11-23(18(16)22)17(19(24)25)15-9-8-13-6-4-5-7-14(13)12-15/h4-9,12,16-18H,10-11,22H2,1-3H3,(H,24,25)/t16-,17-,18+/m1/s1. The van der Waals surface area contributed by atoms with Crippen molar-refractivity contribution in [2.45, 2.75) is 45.0 Å². The number of carboxylic acids is 1. The predicted octanol–water partition coefficient (Wildman–Crippen LogP) is 2.91. The number of hydrogen-bond acceptors (Lipinski definition) is 5. The monoisotopic (exact) mass is 370 g/mol. The van der Waals surface area contributed by atoms with Gasteiger partial charge in [-0.2, -0.15) is 0 Å². The first-order chi connectivity index (χ1) is 12.7. The molecule has 0 radical (unpaired) electrons. The average molecular weight is 370 g/mol. The SMILES string of the molecule is CC(C)(C)OC(=O)[C@@H]1CCN([C@@H](C(=O)O)c2ccc3ccccc3c2)[C@@H]1N. The first kappa shape index (κ1) is 19.3. The number of hydrogen-bond donors (Lipinski definition) is 2. The Hall–Kier alpha value is -2.44. The molecule has 0 spiro atoms. The molecule has 1 aliphatic rings. The highest BCUT2D eigenvalue weighted by molar-refractivity contribution is 5.85. The van der Waals surface area contributed by atoms with E-state index in [4.69, 9.17) is 10.5 Å². The van der Waals surface area contributed by atoms with Gasteiger partial charge in [-0.3, -0.25) is 14.5 Å². The molecule has 0 aliphatic carbocycles. The van der Waals surface area contributed by atoms with Crippen LogP contribution in [0.25, 0.3) is 10.8 Å². The van der Waals surface area contributed by atoms with Crippen LogP contribution in [-0.2, 0) is 14.3 Å². The van der Waals surface area contributed by atoms with E-state index in [9.17, 15) is 14.7 Å². The summed E-state index contributed by atoms with van der Waals surface area (Å²) in [7, 11) is 0. The average Bonchev–Trinajstić information content (AvgIpc) is 2.95. The number of benzene rings is 2. The van der Waals surface area contributed by atoms with Crippen molar-refractivity contribution >= 4 is 22.7 Å². The fraction of sp³-hybridized carbons (Fsp3) is 0.429. The number of aliphatic carboxylic acids is 1. The molecule has 3 atom stereocenters. The lowest BCUT2D eigenvalue weighted by molar-refractivity contribution is -0.161. The van der Waals surface area contributed by atoms with Crippen LogP contribution in [0.1, 0.15) is 38.8 Å². The third-order valence-corrected chi connectivity index (χ3v) is 4.86. The molecule has 2 aromatic rings. The van der Waals surface area contributed by atoms with Crippen LogP contribution < -0.4 is 5.73 Å². The Morgan fingerprint density at radius 3 is 2.48 bits per heavy atom. The van der Waals surface area contributed by atoms with Crippen molar-refractivity contribution in [1.29, 1.82) is 0 Å². The summed E-state index contributed by atoms with van der Waals surface area (Å²) in [6, 6.07) is 12.5. The van der Waals surface area contributed by atoms with Crippen LogP contribution in [0.3, 0.4) is 0 Å². The van der Waals surface area contributed by atoms with E-state index in [2.05, 4.69) is 0 Å². The molecule has 2 aromatic carbocycles. The van der Waals surface area contributed by atoms with Gasteiger partial charge in [0.05, 0.1) is 12.1 Å². The van der Waals surface area contributed by atoms with Crippen LogP contribution in [0, 0.1) is 5.92 Å². The van der Waals surface area contributed by atoms with Crippen molar-refractivity contribution in [2.24, 2.45) is 11.7 Å². The van der Waals surface area contributed by atoms with Crippen LogP contribution in [0.2, 0.25) is 0 Å². The van der Waals surface area contributed by atoms with Gasteiger partial charge in [0.25, 0.3) is 0 Å². The second-order valence-corrected chi connectivity index (χ2v) is 8.00. The number of nitrogens with zero attached hydrogens (tertiary/aromatic N) is 1. The first-order valence-electron chi connectivity index (χ1n) is 9.13. The first-order valence-corrected chi connectivity index (χ1v) is 9.13. The van der Waals surface area contributed by atoms with Gasteiger partial charge in [0, 0.05) is 6.54 Å². The summed E-state index contributed by atoms with van der Waals surface area (Å²) < 4.78 is 5.45. The molecular weight excluding hydrogens is 344 g/mol. The van der Waals surface area contributed by atoms with Gasteiger partial charge >= 0.3 is 11.9 Å². The van der Waals surface area contributed by atoms with E-state index >= 15 is 0 Å². The van der Waals surface area contributed by atoms with Crippen molar-refractivity contribution in [3.63, 3.8) is 0 Å². The lowest BCUT2D eigenvalue weighted by Crippen LogP contribution is -2.47. The number of carboxylic acid groups (broad SMARTS) is 1. The molecule has 1 heterocycles. The van der Waals surface area contributed by atoms with E-state index in [0.717, 1.165) is 10.8 Å². The molecule has 0 aromatic heterocycles. The molecule has 27 heavy (non-hydrogen) atoms. The number of rotatable bonds is 4. The minimum Gasteiger partial charge on any atom is -0.480 e. The number of esters is 1. The van der Waals surface area contributed by atoms with E-state index < -0.39 is 29.7 Å². The molecule has 6 nitrogen and oxygen atoms in total. The van der Waals surface area contributed by atoms with E-state index in [-0.39, 0.29) is 5.97 Å². The second-order valence-electron chi connectivity index (χ2n) is 8.00. The highest BCUT2D eigenvalue weighted by Crippen LogP contribution is 2.33. The molecule has 0 bridgehead atoms. The van der Waals surface area contributed by atoms with E-state index in [1.165, 1.54) is 0 Å². The number of carbonyl (C=O) groups excluding carboxylic acids is 1. The molecule has 1 fully saturated rings. The van der Waals surface area contributed by atoms with Crippen molar-refractivity contribution in [2.75, 3.05) is 6.54 Å². The number of likely N-dealkylation sites (tertiary alicyclic amines) is 1. The number of fused-ring (bicyclic) bond motifs is 1. The quantitative estimate of drug-likeness (QED) is 0.804. The van der Waals surface area contributed by atoms with E-state index in [0.29, 0.717) is 18.5 Å². The van der Waals surface area contributed by atoms with E-state index in [1.54, 1.807) is 25.7 Å². The highest BCUT2D eigenvalue weighted by atomic mass is 16.6. The van der Waals surface area contributed by atoms with E-state index in [1.807, 2.05) is 42.5 Å². The van der Waals surface area contributed by atoms with Gasteiger partial charge in [0.2, 0.25) is 0 Å². The Bertz CT molecular complexity index is 859. The minimum absolute atomic E-state index is 0.375. The van der Waals surface area contributed by atoms with Crippen LogP contribution in [0.4, 0.5) is 0 Å². The summed E-state index contributed by atoms with van der Waals surface area (Å²) in [5.74, 6) is -1.89. The Morgan fingerprint density at radius 1 is 1.19 bits per heavy atom. The van der Waals surface area contributed by atoms with Crippen LogP contribution >= 0.6 is 0 Å². The summed E-state index contributed by atoms with van der Waals surface area (Å²) in [5, 5.41) is 11.9. The number of ether oxygens (including phenoxy) is 1. The fourth-order valence-corrected chi connectivity index (χ4v) is 3.63. The molecule has 1 aliphatic heterocycles. The Balaban J connectivity index is 1.87. The number of nitrogens with two attached hydrogens (primary N) is 1. The summed E-state index contributed by atoms with van der Waals surface area (Å²) >= 11 is 0. The lowest BCUT2D eigenvalue weighted by Gasteiger charge is -2.30. The summed E-state index contributed by atoms with van der Waals surface area (Å²) in [5.41, 5.74) is 6.35. The van der Waals surface area contributed by atoms with Crippen LogP contribution in [-0.4, -0.2) is 40.3 Å². The summed E-state index contributed by atoms with van der Waals surface area (Å²) in [4.78, 5) is 26.2. The second kappa shape index (κ2) is 7.29. The van der Waals surface area contributed by atoms with Crippen molar-refractivity contribution in [1.82, 2.24) is 4.90 Å². The van der Waals surface area contributed by atoms with Gasteiger partial charge in [0.1, 0.15) is 11.6 Å². The summed E-state index contributed by atoms with van der Waals surface area (Å²) in [6.45, 7) is 5.84. The maximum Gasteiger partial charge on any atom is 0.325 e. The van der Waals surface area contributed by atoms with Gasteiger partial charge in [0.15, 0.2) is 0 Å². The van der Waals surface area contributed by atoms with Gasteiger partial charge in [-0.1, -0.05) is 36.4 Å². The van der Waals surface area contributed by atoms with Crippen molar-refractivity contribution in [3.8, 4) is 0 Å². The normalized spacial score (nSPS) is 21.9. The lowest BCUT2D eigenvalue weighted by atomic mass is 10.00. The maximum atomic E-state index is 12.4.